The highest BCUT2D eigenvalue weighted by Crippen LogP contribution is 2.43. The second-order valence-corrected chi connectivity index (χ2v) is 10.4. The topological polar surface area (TPSA) is 65.0 Å². The van der Waals surface area contributed by atoms with Gasteiger partial charge >= 0.3 is 0 Å². The van der Waals surface area contributed by atoms with E-state index in [9.17, 15) is 0 Å². The van der Waals surface area contributed by atoms with E-state index in [1.165, 1.54) is 0 Å². The molecule has 0 spiro atoms. The van der Waals surface area contributed by atoms with Gasteiger partial charge in [-0.25, -0.2) is 15.0 Å². The molecule has 0 bridgehead atoms. The van der Waals surface area contributed by atoms with E-state index >= 15 is 0 Å². The molecule has 5 nitrogen and oxygen atoms in total. The average molecular weight is 540 g/mol. The van der Waals surface area contributed by atoms with Gasteiger partial charge in [0.15, 0.2) is 17.5 Å². The van der Waals surface area contributed by atoms with Gasteiger partial charge in [-0.2, -0.15) is 0 Å². The first-order valence-electron chi connectivity index (χ1n) is 13.9. The molecule has 0 unspecified atom stereocenters. The number of para-hydroxylation sites is 1. The molecule has 0 radical (unpaired) electrons. The van der Waals surface area contributed by atoms with Crippen molar-refractivity contribution in [1.82, 2.24) is 15.0 Å². The quantitative estimate of drug-likeness (QED) is 0.224. The van der Waals surface area contributed by atoms with Crippen LogP contribution in [0.3, 0.4) is 0 Å². The van der Waals surface area contributed by atoms with Crippen LogP contribution in [-0.4, -0.2) is 15.0 Å². The van der Waals surface area contributed by atoms with E-state index in [2.05, 4.69) is 30.3 Å². The number of furan rings is 2. The van der Waals surface area contributed by atoms with Crippen LogP contribution < -0.4 is 0 Å². The van der Waals surface area contributed by atoms with Crippen molar-refractivity contribution in [3.05, 3.63) is 127 Å². The lowest BCUT2D eigenvalue weighted by Gasteiger charge is -2.09. The Kier molecular flexibility index (Phi) is 4.83. The van der Waals surface area contributed by atoms with Crippen LogP contribution in [0.2, 0.25) is 0 Å². The smallest absolute Gasteiger partial charge is 0.164 e. The number of hydrogen-bond acceptors (Lipinski definition) is 5. The molecule has 0 aliphatic carbocycles. The van der Waals surface area contributed by atoms with Crippen LogP contribution in [0.5, 0.6) is 0 Å². The predicted octanol–water partition coefficient (Wildman–Crippen LogP) is 9.82. The summed E-state index contributed by atoms with van der Waals surface area (Å²) in [5.74, 6) is 1.85. The monoisotopic (exact) mass is 539 g/mol. The van der Waals surface area contributed by atoms with Gasteiger partial charge in [-0.15, -0.1) is 0 Å². The molecular formula is C37H21N3O2. The van der Waals surface area contributed by atoms with Crippen molar-refractivity contribution in [3.63, 3.8) is 0 Å². The summed E-state index contributed by atoms with van der Waals surface area (Å²) in [6.07, 6.45) is 0. The number of benzene rings is 6. The number of rotatable bonds is 3. The van der Waals surface area contributed by atoms with Gasteiger partial charge in [0.25, 0.3) is 0 Å². The second kappa shape index (κ2) is 8.85. The Morgan fingerprint density at radius 2 is 1.00 bits per heavy atom. The third-order valence-electron chi connectivity index (χ3n) is 7.92. The van der Waals surface area contributed by atoms with Gasteiger partial charge in [-0.3, -0.25) is 0 Å². The maximum atomic E-state index is 6.67. The van der Waals surface area contributed by atoms with Crippen LogP contribution in [0.25, 0.3) is 88.8 Å². The molecule has 3 aromatic heterocycles. The van der Waals surface area contributed by atoms with Gasteiger partial charge in [-0.05, 0) is 29.7 Å². The first-order valence-corrected chi connectivity index (χ1v) is 13.9. The Morgan fingerprint density at radius 1 is 0.381 bits per heavy atom. The largest absolute Gasteiger partial charge is 0.456 e. The van der Waals surface area contributed by atoms with Crippen molar-refractivity contribution >= 4 is 54.6 Å². The molecule has 6 aromatic carbocycles. The van der Waals surface area contributed by atoms with E-state index in [0.29, 0.717) is 17.5 Å². The fraction of sp³-hybridized carbons (Fsp3) is 0. The summed E-state index contributed by atoms with van der Waals surface area (Å²) >= 11 is 0. The van der Waals surface area contributed by atoms with Gasteiger partial charge in [0.2, 0.25) is 0 Å². The average Bonchev–Trinajstić information content (AvgIpc) is 3.64. The van der Waals surface area contributed by atoms with E-state index < -0.39 is 0 Å². The predicted molar refractivity (Wildman–Crippen MR) is 168 cm³/mol. The fourth-order valence-electron chi connectivity index (χ4n) is 6.02. The minimum Gasteiger partial charge on any atom is -0.456 e. The van der Waals surface area contributed by atoms with Gasteiger partial charge in [0.1, 0.15) is 22.3 Å². The molecule has 42 heavy (non-hydrogen) atoms. The van der Waals surface area contributed by atoms with Crippen molar-refractivity contribution in [2.75, 3.05) is 0 Å². The summed E-state index contributed by atoms with van der Waals surface area (Å²) in [6, 6.07) is 42.7. The molecule has 0 amide bonds. The molecule has 196 valence electrons. The Labute approximate surface area is 239 Å². The Morgan fingerprint density at radius 3 is 1.76 bits per heavy atom. The molecular weight excluding hydrogens is 518 g/mol. The molecule has 9 rings (SSSR count). The lowest BCUT2D eigenvalue weighted by molar-refractivity contribution is 0.668. The summed E-state index contributed by atoms with van der Waals surface area (Å²) in [5, 5.41) is 6.26. The van der Waals surface area contributed by atoms with Crippen LogP contribution in [0.15, 0.2) is 136 Å². The van der Waals surface area contributed by atoms with E-state index in [0.717, 1.165) is 71.3 Å². The third kappa shape index (κ3) is 3.40. The summed E-state index contributed by atoms with van der Waals surface area (Å²) < 4.78 is 12.9. The van der Waals surface area contributed by atoms with E-state index in [1.807, 2.05) is 97.1 Å². The second-order valence-electron chi connectivity index (χ2n) is 10.4. The van der Waals surface area contributed by atoms with Crippen molar-refractivity contribution < 1.29 is 8.83 Å². The molecule has 0 saturated heterocycles. The highest BCUT2D eigenvalue weighted by molar-refractivity contribution is 6.29. The van der Waals surface area contributed by atoms with Crippen molar-refractivity contribution in [2.45, 2.75) is 0 Å². The summed E-state index contributed by atoms with van der Waals surface area (Å²) in [4.78, 5) is 14.9. The van der Waals surface area contributed by atoms with Crippen LogP contribution in [0, 0.1) is 0 Å². The lowest BCUT2D eigenvalue weighted by Crippen LogP contribution is -2.00. The van der Waals surface area contributed by atoms with Crippen LogP contribution in [0.4, 0.5) is 0 Å². The van der Waals surface area contributed by atoms with Crippen molar-refractivity contribution in [3.8, 4) is 34.2 Å². The maximum Gasteiger partial charge on any atom is 0.164 e. The minimum absolute atomic E-state index is 0.600. The molecule has 0 aliphatic heterocycles. The van der Waals surface area contributed by atoms with E-state index in [4.69, 9.17) is 23.8 Å². The zero-order valence-electron chi connectivity index (χ0n) is 22.3. The molecule has 0 atom stereocenters. The molecule has 9 aromatic rings. The Balaban J connectivity index is 1.37. The normalized spacial score (nSPS) is 11.8. The zero-order chi connectivity index (χ0) is 27.6. The number of fused-ring (bicyclic) bond motifs is 9. The molecule has 0 fully saturated rings. The standard InChI is InChI=1S/C37H21N3O2/c1-3-10-23(11-4-1)35-38-36(24-12-5-2-6-13-24)40-37(39-35)27-15-9-17-29-32(27)26-20-18-22-19-21-30-33(31(22)34(26)42-29)25-14-7-8-16-28(25)41-30/h1-21H. The zero-order valence-corrected chi connectivity index (χ0v) is 22.3. The Hall–Kier alpha value is -5.81. The van der Waals surface area contributed by atoms with Gasteiger partial charge in [0.05, 0.1) is 0 Å². The lowest BCUT2D eigenvalue weighted by atomic mass is 9.99. The minimum atomic E-state index is 0.600. The van der Waals surface area contributed by atoms with Gasteiger partial charge in [0, 0.05) is 43.6 Å². The summed E-state index contributed by atoms with van der Waals surface area (Å²) in [6.45, 7) is 0. The van der Waals surface area contributed by atoms with Crippen LogP contribution in [-0.2, 0) is 0 Å². The SMILES string of the molecule is c1ccc(-c2nc(-c3ccccc3)nc(-c3cccc4oc5c(ccc6ccc7oc8ccccc8c7c65)c34)n2)cc1. The molecule has 0 N–H and O–H groups in total. The van der Waals surface area contributed by atoms with Crippen molar-refractivity contribution in [2.24, 2.45) is 0 Å². The van der Waals surface area contributed by atoms with Crippen LogP contribution >= 0.6 is 0 Å². The number of nitrogens with zero attached hydrogens (tertiary/aromatic N) is 3. The third-order valence-corrected chi connectivity index (χ3v) is 7.92. The number of aromatic nitrogens is 3. The maximum absolute atomic E-state index is 6.67. The summed E-state index contributed by atoms with van der Waals surface area (Å²) in [7, 11) is 0. The molecule has 0 aliphatic rings. The molecule has 3 heterocycles. The highest BCUT2D eigenvalue weighted by atomic mass is 16.3. The molecule has 5 heteroatoms. The fourth-order valence-corrected chi connectivity index (χ4v) is 6.02. The van der Waals surface area contributed by atoms with E-state index in [-0.39, 0.29) is 0 Å². The van der Waals surface area contributed by atoms with Crippen molar-refractivity contribution in [1.29, 1.82) is 0 Å². The Bertz CT molecular complexity index is 2400. The van der Waals surface area contributed by atoms with Crippen LogP contribution in [0.1, 0.15) is 0 Å². The van der Waals surface area contributed by atoms with E-state index in [1.54, 1.807) is 0 Å². The highest BCUT2D eigenvalue weighted by Gasteiger charge is 2.20. The summed E-state index contributed by atoms with van der Waals surface area (Å²) in [5.41, 5.74) is 6.07. The first-order chi connectivity index (χ1) is 20.8. The molecule has 0 saturated carbocycles. The number of hydrogen-bond donors (Lipinski definition) is 0. The first kappa shape index (κ1) is 22.9. The van der Waals surface area contributed by atoms with Gasteiger partial charge in [-0.1, -0.05) is 103 Å². The van der Waals surface area contributed by atoms with Gasteiger partial charge < -0.3 is 8.83 Å².